The zero-order valence-corrected chi connectivity index (χ0v) is 10.6. The van der Waals surface area contributed by atoms with E-state index in [2.05, 4.69) is 43.1 Å². The number of nitrogen functional groups attached to an aromatic ring is 1. The Bertz CT molecular complexity index is 494. The summed E-state index contributed by atoms with van der Waals surface area (Å²) < 4.78 is 0. The van der Waals surface area contributed by atoms with Gasteiger partial charge in [0.05, 0.1) is 0 Å². The Balaban J connectivity index is 2.28. The number of nitrogens with zero attached hydrogens (tertiary/aromatic N) is 2. The Labute approximate surface area is 99.3 Å². The molecule has 3 nitrogen and oxygen atoms in total. The lowest BCUT2D eigenvalue weighted by Gasteiger charge is -2.07. The van der Waals surface area contributed by atoms with Gasteiger partial charge in [-0.3, -0.25) is 0 Å². The number of nitrogens with two attached hydrogens (primary N) is 1. The van der Waals surface area contributed by atoms with Crippen LogP contribution in [0.15, 0.2) is 12.1 Å². The minimum absolute atomic E-state index is 0.538. The minimum atomic E-state index is 0.538. The molecule has 0 spiro atoms. The lowest BCUT2D eigenvalue weighted by Crippen LogP contribution is -1.93. The summed E-state index contributed by atoms with van der Waals surface area (Å²) in [6.07, 6.45) is 0.816. The van der Waals surface area contributed by atoms with Gasteiger partial charge in [-0.05, 0) is 43.0 Å². The SMILES string of the molecule is Cc1cc(Cc2nnc(N)s2)cc(C)c1C. The van der Waals surface area contributed by atoms with Crippen LogP contribution in [0.5, 0.6) is 0 Å². The first-order valence-electron chi connectivity index (χ1n) is 5.21. The summed E-state index contributed by atoms with van der Waals surface area (Å²) >= 11 is 1.45. The maximum atomic E-state index is 5.56. The smallest absolute Gasteiger partial charge is 0.203 e. The van der Waals surface area contributed by atoms with E-state index in [1.165, 1.54) is 33.6 Å². The topological polar surface area (TPSA) is 51.8 Å². The molecular weight excluding hydrogens is 218 g/mol. The number of anilines is 1. The molecule has 2 rings (SSSR count). The van der Waals surface area contributed by atoms with Crippen LogP contribution in [0.3, 0.4) is 0 Å². The van der Waals surface area contributed by atoms with E-state index in [4.69, 9.17) is 5.73 Å². The van der Waals surface area contributed by atoms with Crippen LogP contribution in [0.1, 0.15) is 27.3 Å². The van der Waals surface area contributed by atoms with Crippen molar-refractivity contribution >= 4 is 16.5 Å². The summed E-state index contributed by atoms with van der Waals surface area (Å²) in [5, 5.41) is 9.37. The van der Waals surface area contributed by atoms with Gasteiger partial charge in [-0.2, -0.15) is 0 Å². The fourth-order valence-corrected chi connectivity index (χ4v) is 2.38. The van der Waals surface area contributed by atoms with E-state index < -0.39 is 0 Å². The molecule has 0 unspecified atom stereocenters. The number of aromatic nitrogens is 2. The molecule has 0 aliphatic carbocycles. The Morgan fingerprint density at radius 2 is 1.75 bits per heavy atom. The van der Waals surface area contributed by atoms with E-state index in [1.54, 1.807) is 0 Å². The van der Waals surface area contributed by atoms with Gasteiger partial charge in [0.2, 0.25) is 5.13 Å². The molecule has 1 aromatic heterocycles. The van der Waals surface area contributed by atoms with Gasteiger partial charge in [0.25, 0.3) is 0 Å². The van der Waals surface area contributed by atoms with Crippen LogP contribution < -0.4 is 5.73 Å². The van der Waals surface area contributed by atoms with Gasteiger partial charge in [0.15, 0.2) is 0 Å². The summed E-state index contributed by atoms with van der Waals surface area (Å²) in [5.41, 5.74) is 10.9. The molecular formula is C12H15N3S. The maximum Gasteiger partial charge on any atom is 0.203 e. The third-order valence-corrected chi connectivity index (χ3v) is 3.58. The number of aryl methyl sites for hydroxylation is 2. The zero-order chi connectivity index (χ0) is 11.7. The summed E-state index contributed by atoms with van der Waals surface area (Å²) in [7, 11) is 0. The first-order chi connectivity index (χ1) is 7.56. The van der Waals surface area contributed by atoms with E-state index >= 15 is 0 Å². The molecule has 1 heterocycles. The van der Waals surface area contributed by atoms with Crippen molar-refractivity contribution < 1.29 is 0 Å². The molecule has 0 radical (unpaired) electrons. The highest BCUT2D eigenvalue weighted by molar-refractivity contribution is 7.15. The van der Waals surface area contributed by atoms with E-state index in [-0.39, 0.29) is 0 Å². The summed E-state index contributed by atoms with van der Waals surface area (Å²) in [5.74, 6) is 0. The standard InChI is InChI=1S/C12H15N3S/c1-7-4-10(5-8(2)9(7)3)6-11-14-15-12(13)16-11/h4-5H,6H2,1-3H3,(H2,13,15). The average Bonchev–Trinajstić information content (AvgIpc) is 2.60. The fourth-order valence-electron chi connectivity index (χ4n) is 1.74. The molecule has 0 aliphatic rings. The Morgan fingerprint density at radius 1 is 1.12 bits per heavy atom. The molecule has 0 saturated carbocycles. The summed E-state index contributed by atoms with van der Waals surface area (Å²) in [6, 6.07) is 4.42. The van der Waals surface area contributed by atoms with Gasteiger partial charge in [-0.15, -0.1) is 10.2 Å². The van der Waals surface area contributed by atoms with Crippen LogP contribution in [0, 0.1) is 20.8 Å². The molecule has 1 aromatic carbocycles. The van der Waals surface area contributed by atoms with Crippen molar-refractivity contribution in [3.8, 4) is 0 Å². The quantitative estimate of drug-likeness (QED) is 0.867. The lowest BCUT2D eigenvalue weighted by molar-refractivity contribution is 1.00. The predicted molar refractivity (Wildman–Crippen MR) is 67.8 cm³/mol. The van der Waals surface area contributed by atoms with Crippen molar-refractivity contribution in [1.29, 1.82) is 0 Å². The maximum absolute atomic E-state index is 5.56. The third-order valence-electron chi connectivity index (χ3n) is 2.82. The molecule has 0 amide bonds. The third kappa shape index (κ3) is 2.22. The molecule has 16 heavy (non-hydrogen) atoms. The van der Waals surface area contributed by atoms with Crippen molar-refractivity contribution in [2.45, 2.75) is 27.2 Å². The van der Waals surface area contributed by atoms with Crippen molar-refractivity contribution in [3.05, 3.63) is 39.4 Å². The number of benzene rings is 1. The zero-order valence-electron chi connectivity index (χ0n) is 9.74. The van der Waals surface area contributed by atoms with Crippen molar-refractivity contribution in [2.24, 2.45) is 0 Å². The molecule has 0 aliphatic heterocycles. The summed E-state index contributed by atoms with van der Waals surface area (Å²) in [4.78, 5) is 0. The van der Waals surface area contributed by atoms with Crippen LogP contribution in [0.2, 0.25) is 0 Å². The van der Waals surface area contributed by atoms with Gasteiger partial charge in [0.1, 0.15) is 5.01 Å². The van der Waals surface area contributed by atoms with E-state index in [0.717, 1.165) is 11.4 Å². The highest BCUT2D eigenvalue weighted by atomic mass is 32.1. The van der Waals surface area contributed by atoms with Gasteiger partial charge in [-0.25, -0.2) is 0 Å². The van der Waals surface area contributed by atoms with Gasteiger partial charge < -0.3 is 5.73 Å². The molecule has 0 bridgehead atoms. The van der Waals surface area contributed by atoms with E-state index in [9.17, 15) is 0 Å². The molecule has 4 heteroatoms. The van der Waals surface area contributed by atoms with Crippen LogP contribution in [0.4, 0.5) is 5.13 Å². The highest BCUT2D eigenvalue weighted by Gasteiger charge is 2.05. The first-order valence-corrected chi connectivity index (χ1v) is 6.02. The van der Waals surface area contributed by atoms with Crippen molar-refractivity contribution in [2.75, 3.05) is 5.73 Å². The molecule has 0 atom stereocenters. The second-order valence-electron chi connectivity index (χ2n) is 4.07. The fraction of sp³-hybridized carbons (Fsp3) is 0.333. The van der Waals surface area contributed by atoms with Crippen molar-refractivity contribution in [3.63, 3.8) is 0 Å². The Kier molecular flexibility index (Phi) is 2.92. The highest BCUT2D eigenvalue weighted by Crippen LogP contribution is 2.20. The minimum Gasteiger partial charge on any atom is -0.374 e. The van der Waals surface area contributed by atoms with Gasteiger partial charge in [0, 0.05) is 6.42 Å². The number of hydrogen-bond donors (Lipinski definition) is 1. The normalized spacial score (nSPS) is 10.7. The van der Waals surface area contributed by atoms with Gasteiger partial charge >= 0.3 is 0 Å². The lowest BCUT2D eigenvalue weighted by atomic mass is 9.99. The van der Waals surface area contributed by atoms with Crippen molar-refractivity contribution in [1.82, 2.24) is 10.2 Å². The average molecular weight is 233 g/mol. The van der Waals surface area contributed by atoms with E-state index in [1.807, 2.05) is 0 Å². The number of hydrogen-bond acceptors (Lipinski definition) is 4. The summed E-state index contributed by atoms with van der Waals surface area (Å²) in [6.45, 7) is 6.43. The van der Waals surface area contributed by atoms with Crippen LogP contribution in [-0.4, -0.2) is 10.2 Å². The first kappa shape index (κ1) is 11.1. The molecule has 2 N–H and O–H groups in total. The molecule has 0 saturated heterocycles. The van der Waals surface area contributed by atoms with Gasteiger partial charge in [-0.1, -0.05) is 23.5 Å². The number of rotatable bonds is 2. The largest absolute Gasteiger partial charge is 0.374 e. The monoisotopic (exact) mass is 233 g/mol. The predicted octanol–water partition coefficient (Wildman–Crippen LogP) is 2.64. The molecule has 84 valence electrons. The van der Waals surface area contributed by atoms with Crippen LogP contribution in [0.25, 0.3) is 0 Å². The second kappa shape index (κ2) is 4.22. The molecule has 2 aromatic rings. The van der Waals surface area contributed by atoms with E-state index in [0.29, 0.717) is 5.13 Å². The second-order valence-corrected chi connectivity index (χ2v) is 5.16. The molecule has 0 fully saturated rings. The Morgan fingerprint density at radius 3 is 2.25 bits per heavy atom. The Hall–Kier alpha value is -1.42. The van der Waals surface area contributed by atoms with Crippen LogP contribution >= 0.6 is 11.3 Å². The van der Waals surface area contributed by atoms with Crippen LogP contribution in [-0.2, 0) is 6.42 Å².